The molecule has 0 N–H and O–H groups in total. The van der Waals surface area contributed by atoms with Crippen molar-refractivity contribution in [3.63, 3.8) is 0 Å². The predicted molar refractivity (Wildman–Crippen MR) is 127 cm³/mol. The number of carbonyl (C=O) groups is 1. The van der Waals surface area contributed by atoms with Gasteiger partial charge in [-0.05, 0) is 38.0 Å². The molecule has 0 bridgehead atoms. The van der Waals surface area contributed by atoms with Crippen molar-refractivity contribution >= 4 is 28.4 Å². The highest BCUT2D eigenvalue weighted by atomic mass is 16.2. The van der Waals surface area contributed by atoms with Crippen molar-refractivity contribution in [2.75, 3.05) is 31.1 Å². The summed E-state index contributed by atoms with van der Waals surface area (Å²) in [5, 5.41) is 4.88. The standard InChI is InChI=1S/C24H26N8O2/c1-16-13-21(32-24(27-16)25-15-26-32)29-9-11-30(12-10-29)22(33)17-6-7-18-19(14-17)28-20-5-3-2-4-8-31(20)23(18)34/h6-7,13-15H,2-5,8-12H2,1H3. The number of aryl methyl sites for hydroxylation is 2. The zero-order valence-electron chi connectivity index (χ0n) is 19.1. The number of aromatic nitrogens is 6. The third kappa shape index (κ3) is 3.49. The molecule has 5 heterocycles. The Morgan fingerprint density at radius 2 is 1.82 bits per heavy atom. The molecule has 2 aliphatic rings. The Labute approximate surface area is 195 Å². The summed E-state index contributed by atoms with van der Waals surface area (Å²) in [5.74, 6) is 2.31. The summed E-state index contributed by atoms with van der Waals surface area (Å²) in [4.78, 5) is 43.7. The van der Waals surface area contributed by atoms with Gasteiger partial charge in [-0.3, -0.25) is 14.2 Å². The van der Waals surface area contributed by atoms with E-state index >= 15 is 0 Å². The number of amides is 1. The third-order valence-corrected chi connectivity index (χ3v) is 6.82. The highest BCUT2D eigenvalue weighted by Gasteiger charge is 2.25. The number of anilines is 1. The largest absolute Gasteiger partial charge is 0.353 e. The van der Waals surface area contributed by atoms with Crippen molar-refractivity contribution in [2.45, 2.75) is 39.2 Å². The van der Waals surface area contributed by atoms with Crippen LogP contribution in [0.5, 0.6) is 0 Å². The topological polar surface area (TPSA) is 102 Å². The van der Waals surface area contributed by atoms with E-state index in [-0.39, 0.29) is 11.5 Å². The summed E-state index contributed by atoms with van der Waals surface area (Å²) >= 11 is 0. The number of piperazine rings is 1. The van der Waals surface area contributed by atoms with Crippen LogP contribution in [0.3, 0.4) is 0 Å². The van der Waals surface area contributed by atoms with Crippen molar-refractivity contribution in [1.82, 2.24) is 34.0 Å². The van der Waals surface area contributed by atoms with E-state index in [0.29, 0.717) is 48.4 Å². The first kappa shape index (κ1) is 20.8. The van der Waals surface area contributed by atoms with Gasteiger partial charge in [-0.2, -0.15) is 14.6 Å². The highest BCUT2D eigenvalue weighted by Crippen LogP contribution is 2.20. The summed E-state index contributed by atoms with van der Waals surface area (Å²) in [7, 11) is 0. The van der Waals surface area contributed by atoms with Crippen molar-refractivity contribution < 1.29 is 4.79 Å². The minimum atomic E-state index is -0.0322. The third-order valence-electron chi connectivity index (χ3n) is 6.82. The van der Waals surface area contributed by atoms with E-state index in [0.717, 1.165) is 49.6 Å². The molecule has 10 nitrogen and oxygen atoms in total. The second-order valence-corrected chi connectivity index (χ2v) is 9.03. The van der Waals surface area contributed by atoms with Crippen LogP contribution >= 0.6 is 0 Å². The van der Waals surface area contributed by atoms with E-state index in [4.69, 9.17) is 4.98 Å². The molecule has 4 aromatic rings. The minimum Gasteiger partial charge on any atom is -0.353 e. The number of rotatable bonds is 2. The Bertz CT molecular complexity index is 1470. The molecule has 0 unspecified atom stereocenters. The van der Waals surface area contributed by atoms with E-state index in [9.17, 15) is 9.59 Å². The summed E-state index contributed by atoms with van der Waals surface area (Å²) in [5.41, 5.74) is 2.07. The summed E-state index contributed by atoms with van der Waals surface area (Å²) in [6.07, 6.45) is 5.46. The highest BCUT2D eigenvalue weighted by molar-refractivity contribution is 5.97. The molecule has 2 aliphatic heterocycles. The van der Waals surface area contributed by atoms with E-state index in [1.54, 1.807) is 22.7 Å². The van der Waals surface area contributed by atoms with Gasteiger partial charge in [-0.25, -0.2) is 9.97 Å². The number of hydrogen-bond acceptors (Lipinski definition) is 7. The van der Waals surface area contributed by atoms with Gasteiger partial charge in [0.05, 0.1) is 10.9 Å². The monoisotopic (exact) mass is 458 g/mol. The lowest BCUT2D eigenvalue weighted by Crippen LogP contribution is -2.49. The van der Waals surface area contributed by atoms with Gasteiger partial charge in [-0.15, -0.1) is 0 Å². The van der Waals surface area contributed by atoms with E-state index in [2.05, 4.69) is 20.0 Å². The Morgan fingerprint density at radius 3 is 2.68 bits per heavy atom. The van der Waals surface area contributed by atoms with E-state index in [1.807, 2.05) is 22.5 Å². The van der Waals surface area contributed by atoms with Crippen LogP contribution in [-0.2, 0) is 13.0 Å². The fourth-order valence-corrected chi connectivity index (χ4v) is 5.01. The Hall–Kier alpha value is -3.82. The van der Waals surface area contributed by atoms with Gasteiger partial charge in [0.15, 0.2) is 0 Å². The zero-order chi connectivity index (χ0) is 23.2. The second kappa shape index (κ2) is 8.19. The van der Waals surface area contributed by atoms with Gasteiger partial charge in [0, 0.05) is 56.5 Å². The van der Waals surface area contributed by atoms with E-state index < -0.39 is 0 Å². The minimum absolute atomic E-state index is 0.00147. The lowest BCUT2D eigenvalue weighted by atomic mass is 10.1. The summed E-state index contributed by atoms with van der Waals surface area (Å²) < 4.78 is 3.55. The van der Waals surface area contributed by atoms with Crippen molar-refractivity contribution in [3.05, 3.63) is 58.0 Å². The molecule has 3 aromatic heterocycles. The fourth-order valence-electron chi connectivity index (χ4n) is 5.01. The van der Waals surface area contributed by atoms with Crippen molar-refractivity contribution in [1.29, 1.82) is 0 Å². The Balaban J connectivity index is 1.23. The normalized spacial score (nSPS) is 16.6. The molecule has 10 heteroatoms. The van der Waals surface area contributed by atoms with Crippen LogP contribution in [0.1, 0.15) is 41.1 Å². The van der Waals surface area contributed by atoms with Gasteiger partial charge in [-0.1, -0.05) is 6.42 Å². The average molecular weight is 459 g/mol. The number of fused-ring (bicyclic) bond motifs is 3. The molecule has 0 aliphatic carbocycles. The first-order chi connectivity index (χ1) is 16.6. The lowest BCUT2D eigenvalue weighted by molar-refractivity contribution is 0.0746. The average Bonchev–Trinajstić information content (AvgIpc) is 3.19. The molecule has 1 aromatic carbocycles. The quantitative estimate of drug-likeness (QED) is 0.452. The zero-order valence-corrected chi connectivity index (χ0v) is 19.1. The van der Waals surface area contributed by atoms with Crippen LogP contribution in [0.25, 0.3) is 16.7 Å². The van der Waals surface area contributed by atoms with Crippen LogP contribution in [-0.4, -0.2) is 66.1 Å². The number of benzene rings is 1. The molecule has 6 rings (SSSR count). The molecule has 0 spiro atoms. The van der Waals surface area contributed by atoms with Gasteiger partial charge >= 0.3 is 0 Å². The maximum Gasteiger partial charge on any atom is 0.261 e. The molecule has 174 valence electrons. The fraction of sp³-hybridized carbons (Fsp3) is 0.417. The maximum absolute atomic E-state index is 13.3. The molecular weight excluding hydrogens is 432 g/mol. The molecule has 0 atom stereocenters. The molecule has 1 saturated heterocycles. The molecular formula is C24H26N8O2. The maximum atomic E-state index is 13.3. The van der Waals surface area contributed by atoms with Crippen LogP contribution in [0, 0.1) is 6.92 Å². The molecule has 0 radical (unpaired) electrons. The number of nitrogens with zero attached hydrogens (tertiary/aromatic N) is 8. The van der Waals surface area contributed by atoms with E-state index in [1.165, 1.54) is 6.33 Å². The number of hydrogen-bond donors (Lipinski definition) is 0. The second-order valence-electron chi connectivity index (χ2n) is 9.03. The Kier molecular flexibility index (Phi) is 5.00. The SMILES string of the molecule is Cc1cc(N2CCN(C(=O)c3ccc4c(=O)n5c(nc4c3)CCCCC5)CC2)n2ncnc2n1. The van der Waals surface area contributed by atoms with Gasteiger partial charge in [0.2, 0.25) is 0 Å². The molecule has 1 fully saturated rings. The summed E-state index contributed by atoms with van der Waals surface area (Å²) in [6.45, 7) is 5.22. The molecule has 34 heavy (non-hydrogen) atoms. The van der Waals surface area contributed by atoms with Crippen molar-refractivity contribution in [2.24, 2.45) is 0 Å². The first-order valence-electron chi connectivity index (χ1n) is 11.8. The lowest BCUT2D eigenvalue weighted by Gasteiger charge is -2.36. The smallest absolute Gasteiger partial charge is 0.261 e. The first-order valence-corrected chi connectivity index (χ1v) is 11.8. The Morgan fingerprint density at radius 1 is 0.971 bits per heavy atom. The van der Waals surface area contributed by atoms with Gasteiger partial charge in [0.1, 0.15) is 18.0 Å². The van der Waals surface area contributed by atoms with Crippen LogP contribution in [0.15, 0.2) is 35.4 Å². The van der Waals surface area contributed by atoms with Gasteiger partial charge in [0.25, 0.3) is 17.2 Å². The number of carbonyl (C=O) groups excluding carboxylic acids is 1. The van der Waals surface area contributed by atoms with Gasteiger partial charge < -0.3 is 9.80 Å². The summed E-state index contributed by atoms with van der Waals surface area (Å²) in [6, 6.07) is 7.29. The molecule has 0 saturated carbocycles. The molecule has 1 amide bonds. The van der Waals surface area contributed by atoms with Crippen LogP contribution in [0.4, 0.5) is 5.82 Å². The predicted octanol–water partition coefficient (Wildman–Crippen LogP) is 1.83. The van der Waals surface area contributed by atoms with Crippen LogP contribution in [0.2, 0.25) is 0 Å². The van der Waals surface area contributed by atoms with Crippen molar-refractivity contribution in [3.8, 4) is 0 Å². The van der Waals surface area contributed by atoms with Crippen LogP contribution < -0.4 is 10.5 Å².